The van der Waals surface area contributed by atoms with Crippen LogP contribution in [-0.2, 0) is 11.3 Å². The fourth-order valence-electron chi connectivity index (χ4n) is 2.30. The third-order valence-electron chi connectivity index (χ3n) is 3.57. The maximum atomic E-state index is 14.1. The number of carbonyl (C=O) groups excluding carboxylic acids is 1. The lowest BCUT2D eigenvalue weighted by atomic mass is 9.99. The molecular formula is C17H17F2NO3. The molecule has 4 nitrogen and oxygen atoms in total. The summed E-state index contributed by atoms with van der Waals surface area (Å²) in [6, 6.07) is 13.3. The second-order valence-electron chi connectivity index (χ2n) is 5.09. The van der Waals surface area contributed by atoms with Gasteiger partial charge in [-0.25, -0.2) is 0 Å². The van der Waals surface area contributed by atoms with Crippen LogP contribution < -0.4 is 15.2 Å². The van der Waals surface area contributed by atoms with E-state index < -0.39 is 17.9 Å². The predicted molar refractivity (Wildman–Crippen MR) is 77.8 cm³/mol. The van der Waals surface area contributed by atoms with Gasteiger partial charge in [0.05, 0.1) is 7.11 Å². The average Bonchev–Trinajstić information content (AvgIpc) is 2.56. The van der Waals surface area contributed by atoms with Gasteiger partial charge in [-0.05, 0) is 24.3 Å². The number of quaternary nitrogens is 1. The van der Waals surface area contributed by atoms with Crippen LogP contribution in [-0.4, -0.2) is 19.0 Å². The first-order valence-corrected chi connectivity index (χ1v) is 7.05. The Morgan fingerprint density at radius 3 is 2.30 bits per heavy atom. The average molecular weight is 321 g/mol. The SMILES string of the molecule is COc1ccc([C@@H]([NH2+]Cc2ccccc2)C(F)(F)C(=O)[O-])cc1. The number of carbonyl (C=O) groups is 1. The second-order valence-corrected chi connectivity index (χ2v) is 5.09. The first kappa shape index (κ1) is 16.9. The lowest BCUT2D eigenvalue weighted by Gasteiger charge is -2.26. The van der Waals surface area contributed by atoms with Gasteiger partial charge >= 0.3 is 5.92 Å². The number of alkyl halides is 2. The number of carboxylic acid groups (broad SMARTS) is 1. The first-order chi connectivity index (χ1) is 10.9. The van der Waals surface area contributed by atoms with E-state index in [4.69, 9.17) is 4.74 Å². The van der Waals surface area contributed by atoms with Crippen LogP contribution >= 0.6 is 0 Å². The van der Waals surface area contributed by atoms with Crippen LogP contribution in [0.1, 0.15) is 17.2 Å². The number of nitrogens with two attached hydrogens (primary N) is 1. The van der Waals surface area contributed by atoms with Gasteiger partial charge in [-0.2, -0.15) is 8.78 Å². The van der Waals surface area contributed by atoms with E-state index in [1.54, 1.807) is 24.3 Å². The van der Waals surface area contributed by atoms with E-state index in [-0.39, 0.29) is 12.1 Å². The number of halogens is 2. The molecule has 0 spiro atoms. The highest BCUT2D eigenvalue weighted by atomic mass is 19.3. The highest BCUT2D eigenvalue weighted by Gasteiger charge is 2.45. The zero-order valence-corrected chi connectivity index (χ0v) is 12.5. The number of ether oxygens (including phenoxy) is 1. The van der Waals surface area contributed by atoms with E-state index in [0.29, 0.717) is 5.75 Å². The van der Waals surface area contributed by atoms with Crippen LogP contribution in [0.2, 0.25) is 0 Å². The molecular weight excluding hydrogens is 304 g/mol. The normalized spacial score (nSPS) is 12.7. The summed E-state index contributed by atoms with van der Waals surface area (Å²) in [5.74, 6) is -5.88. The van der Waals surface area contributed by atoms with Crippen molar-refractivity contribution in [3.63, 3.8) is 0 Å². The molecule has 0 saturated carbocycles. The molecule has 2 N–H and O–H groups in total. The summed E-state index contributed by atoms with van der Waals surface area (Å²) in [5.41, 5.74) is 1.01. The van der Waals surface area contributed by atoms with Crippen LogP contribution in [0.5, 0.6) is 5.75 Å². The molecule has 0 amide bonds. The smallest absolute Gasteiger partial charge is 0.341 e. The molecule has 2 aromatic rings. The molecule has 0 aliphatic heterocycles. The van der Waals surface area contributed by atoms with E-state index >= 15 is 0 Å². The number of hydrogen-bond acceptors (Lipinski definition) is 3. The van der Waals surface area contributed by atoms with Crippen molar-refractivity contribution in [1.29, 1.82) is 0 Å². The second kappa shape index (κ2) is 7.19. The van der Waals surface area contributed by atoms with Gasteiger partial charge in [0, 0.05) is 11.1 Å². The summed E-state index contributed by atoms with van der Waals surface area (Å²) in [7, 11) is 1.46. The van der Waals surface area contributed by atoms with E-state index in [2.05, 4.69) is 0 Å². The molecule has 0 heterocycles. The lowest BCUT2D eigenvalue weighted by molar-refractivity contribution is -0.726. The molecule has 0 fully saturated rings. The van der Waals surface area contributed by atoms with Gasteiger partial charge in [0.15, 0.2) is 6.04 Å². The summed E-state index contributed by atoms with van der Waals surface area (Å²) in [4.78, 5) is 10.9. The minimum atomic E-state index is -4.00. The molecule has 2 rings (SSSR count). The van der Waals surface area contributed by atoms with Crippen LogP contribution in [0, 0.1) is 0 Å². The number of carboxylic acids is 1. The number of benzene rings is 2. The quantitative estimate of drug-likeness (QED) is 0.823. The Labute approximate surface area is 132 Å². The third kappa shape index (κ3) is 4.04. The molecule has 0 aliphatic carbocycles. The number of hydrogen-bond donors (Lipinski definition) is 1. The van der Waals surface area contributed by atoms with Gasteiger partial charge in [0.1, 0.15) is 18.3 Å². The third-order valence-corrected chi connectivity index (χ3v) is 3.57. The number of aliphatic carboxylic acids is 1. The van der Waals surface area contributed by atoms with Crippen LogP contribution in [0.3, 0.4) is 0 Å². The van der Waals surface area contributed by atoms with Gasteiger partial charge in [0.25, 0.3) is 0 Å². The van der Waals surface area contributed by atoms with E-state index in [0.717, 1.165) is 5.56 Å². The predicted octanol–water partition coefficient (Wildman–Crippen LogP) is 0.885. The molecule has 122 valence electrons. The van der Waals surface area contributed by atoms with Crippen molar-refractivity contribution in [2.75, 3.05) is 7.11 Å². The fraction of sp³-hybridized carbons (Fsp3) is 0.235. The monoisotopic (exact) mass is 321 g/mol. The Morgan fingerprint density at radius 2 is 1.78 bits per heavy atom. The number of methoxy groups -OCH3 is 1. The molecule has 0 aliphatic rings. The zero-order chi connectivity index (χ0) is 16.9. The highest BCUT2D eigenvalue weighted by molar-refractivity contribution is 5.74. The molecule has 23 heavy (non-hydrogen) atoms. The van der Waals surface area contributed by atoms with Crippen LogP contribution in [0.15, 0.2) is 54.6 Å². The molecule has 2 aromatic carbocycles. The number of rotatable bonds is 7. The molecule has 0 aromatic heterocycles. The Kier molecular flexibility index (Phi) is 5.28. The molecule has 6 heteroatoms. The van der Waals surface area contributed by atoms with Gasteiger partial charge < -0.3 is 20.0 Å². The summed E-state index contributed by atoms with van der Waals surface area (Å²) in [6.45, 7) is 0.223. The first-order valence-electron chi connectivity index (χ1n) is 7.05. The van der Waals surface area contributed by atoms with Crippen molar-refractivity contribution in [3.05, 3.63) is 65.7 Å². The Hall–Kier alpha value is -2.47. The van der Waals surface area contributed by atoms with Crippen molar-refractivity contribution in [3.8, 4) is 5.75 Å². The van der Waals surface area contributed by atoms with Crippen molar-refractivity contribution < 1.29 is 28.7 Å². The Morgan fingerprint density at radius 1 is 1.17 bits per heavy atom. The van der Waals surface area contributed by atoms with Crippen molar-refractivity contribution in [1.82, 2.24) is 0 Å². The molecule has 0 bridgehead atoms. The van der Waals surface area contributed by atoms with Gasteiger partial charge in [0.2, 0.25) is 0 Å². The van der Waals surface area contributed by atoms with Crippen molar-refractivity contribution in [2.24, 2.45) is 0 Å². The van der Waals surface area contributed by atoms with Crippen LogP contribution in [0.25, 0.3) is 0 Å². The fourth-order valence-corrected chi connectivity index (χ4v) is 2.30. The highest BCUT2D eigenvalue weighted by Crippen LogP contribution is 2.29. The Balaban J connectivity index is 2.25. The van der Waals surface area contributed by atoms with Crippen molar-refractivity contribution >= 4 is 5.97 Å². The van der Waals surface area contributed by atoms with Crippen molar-refractivity contribution in [2.45, 2.75) is 18.5 Å². The van der Waals surface area contributed by atoms with Gasteiger partial charge in [-0.3, -0.25) is 0 Å². The van der Waals surface area contributed by atoms with E-state index in [1.807, 2.05) is 6.07 Å². The minimum Gasteiger partial charge on any atom is -0.544 e. The van der Waals surface area contributed by atoms with Crippen LogP contribution in [0.4, 0.5) is 8.78 Å². The maximum absolute atomic E-state index is 14.1. The molecule has 0 radical (unpaired) electrons. The Bertz CT molecular complexity index is 645. The largest absolute Gasteiger partial charge is 0.544 e. The zero-order valence-electron chi connectivity index (χ0n) is 12.5. The lowest BCUT2D eigenvalue weighted by Crippen LogP contribution is -2.88. The van der Waals surface area contributed by atoms with E-state index in [9.17, 15) is 18.7 Å². The topological polar surface area (TPSA) is 66.0 Å². The summed E-state index contributed by atoms with van der Waals surface area (Å²) in [5, 5.41) is 12.2. The standard InChI is InChI=1S/C17H17F2NO3/c1-23-14-9-7-13(8-10-14)15(17(18,19)16(21)22)20-11-12-5-3-2-4-6-12/h2-10,15,20H,11H2,1H3,(H,21,22)/t15-/m1/s1. The molecule has 1 atom stereocenters. The molecule has 0 saturated heterocycles. The van der Waals surface area contributed by atoms with E-state index in [1.165, 1.54) is 36.7 Å². The maximum Gasteiger partial charge on any atom is 0.341 e. The minimum absolute atomic E-state index is 0.191. The summed E-state index contributed by atoms with van der Waals surface area (Å²) < 4.78 is 33.1. The summed E-state index contributed by atoms with van der Waals surface area (Å²) >= 11 is 0. The molecule has 0 unspecified atom stereocenters. The van der Waals surface area contributed by atoms with Gasteiger partial charge in [-0.1, -0.05) is 30.3 Å². The summed E-state index contributed by atoms with van der Waals surface area (Å²) in [6.07, 6.45) is 0. The van der Waals surface area contributed by atoms with Gasteiger partial charge in [-0.15, -0.1) is 0 Å².